The van der Waals surface area contributed by atoms with Crippen molar-refractivity contribution >= 4 is 23.4 Å². The first kappa shape index (κ1) is 18.4. The van der Waals surface area contributed by atoms with Gasteiger partial charge < -0.3 is 15.0 Å². The number of halogens is 1. The van der Waals surface area contributed by atoms with Crippen LogP contribution in [0.15, 0.2) is 54.6 Å². The molecule has 2 amide bonds. The standard InChI is InChI=1S/C20H21ClN2O3/c21-17-8-6-15(7-9-17)14-18(24)22-19(16-4-2-1-3-5-16)20(25)23-10-12-26-13-11-23/h1-9,19H,10-14H2,(H,22,24)/t19-/m0/s1. The van der Waals surface area contributed by atoms with E-state index in [2.05, 4.69) is 5.32 Å². The van der Waals surface area contributed by atoms with E-state index in [1.165, 1.54) is 0 Å². The Bertz CT molecular complexity index is 743. The van der Waals surface area contributed by atoms with Crippen molar-refractivity contribution in [1.82, 2.24) is 10.2 Å². The number of carbonyl (C=O) groups is 2. The van der Waals surface area contributed by atoms with Crippen LogP contribution in [0.25, 0.3) is 0 Å². The van der Waals surface area contributed by atoms with Gasteiger partial charge in [0.25, 0.3) is 0 Å². The van der Waals surface area contributed by atoms with Crippen LogP contribution in [0.1, 0.15) is 17.2 Å². The largest absolute Gasteiger partial charge is 0.378 e. The van der Waals surface area contributed by atoms with E-state index in [-0.39, 0.29) is 18.2 Å². The average Bonchev–Trinajstić information content (AvgIpc) is 2.69. The number of carbonyl (C=O) groups excluding carboxylic acids is 2. The average molecular weight is 373 g/mol. The van der Waals surface area contributed by atoms with Crippen LogP contribution in [0, 0.1) is 0 Å². The Balaban J connectivity index is 1.73. The monoisotopic (exact) mass is 372 g/mol. The van der Waals surface area contributed by atoms with E-state index in [1.54, 1.807) is 17.0 Å². The fourth-order valence-corrected chi connectivity index (χ4v) is 3.03. The van der Waals surface area contributed by atoms with Crippen molar-refractivity contribution in [2.45, 2.75) is 12.5 Å². The number of amides is 2. The topological polar surface area (TPSA) is 58.6 Å². The van der Waals surface area contributed by atoms with Crippen molar-refractivity contribution in [3.63, 3.8) is 0 Å². The molecule has 0 radical (unpaired) electrons. The highest BCUT2D eigenvalue weighted by atomic mass is 35.5. The van der Waals surface area contributed by atoms with Gasteiger partial charge in [-0.15, -0.1) is 0 Å². The number of morpholine rings is 1. The lowest BCUT2D eigenvalue weighted by atomic mass is 10.0. The van der Waals surface area contributed by atoms with Crippen LogP contribution in [0.2, 0.25) is 5.02 Å². The zero-order valence-electron chi connectivity index (χ0n) is 14.4. The van der Waals surface area contributed by atoms with E-state index in [0.717, 1.165) is 11.1 Å². The number of rotatable bonds is 5. The number of nitrogens with zero attached hydrogens (tertiary/aromatic N) is 1. The van der Waals surface area contributed by atoms with Crippen molar-refractivity contribution in [3.05, 3.63) is 70.7 Å². The number of ether oxygens (including phenoxy) is 1. The van der Waals surface area contributed by atoms with Crippen molar-refractivity contribution in [2.24, 2.45) is 0 Å². The van der Waals surface area contributed by atoms with Gasteiger partial charge in [0.2, 0.25) is 11.8 Å². The molecule has 0 saturated carbocycles. The zero-order valence-corrected chi connectivity index (χ0v) is 15.1. The Morgan fingerprint density at radius 1 is 1.04 bits per heavy atom. The highest BCUT2D eigenvalue weighted by Crippen LogP contribution is 2.17. The first-order valence-corrected chi connectivity index (χ1v) is 8.96. The third-order valence-electron chi connectivity index (χ3n) is 4.29. The first-order valence-electron chi connectivity index (χ1n) is 8.59. The van der Waals surface area contributed by atoms with Crippen LogP contribution in [0.5, 0.6) is 0 Å². The lowest BCUT2D eigenvalue weighted by Crippen LogP contribution is -2.47. The van der Waals surface area contributed by atoms with Crippen molar-refractivity contribution in [3.8, 4) is 0 Å². The van der Waals surface area contributed by atoms with Gasteiger partial charge in [0.15, 0.2) is 0 Å². The number of hydrogen-bond acceptors (Lipinski definition) is 3. The fourth-order valence-electron chi connectivity index (χ4n) is 2.90. The molecule has 6 heteroatoms. The van der Waals surface area contributed by atoms with Crippen LogP contribution in [0.4, 0.5) is 0 Å². The molecule has 136 valence electrons. The maximum Gasteiger partial charge on any atom is 0.249 e. The van der Waals surface area contributed by atoms with Gasteiger partial charge in [-0.2, -0.15) is 0 Å². The Labute approximate surface area is 157 Å². The van der Waals surface area contributed by atoms with Crippen molar-refractivity contribution in [1.29, 1.82) is 0 Å². The lowest BCUT2D eigenvalue weighted by Gasteiger charge is -2.31. The Hall–Kier alpha value is -2.37. The van der Waals surface area contributed by atoms with Gasteiger partial charge in [-0.3, -0.25) is 9.59 Å². The predicted octanol–water partition coefficient (Wildman–Crippen LogP) is 2.60. The van der Waals surface area contributed by atoms with Crippen molar-refractivity contribution < 1.29 is 14.3 Å². The van der Waals surface area contributed by atoms with Gasteiger partial charge in [0, 0.05) is 18.1 Å². The summed E-state index contributed by atoms with van der Waals surface area (Å²) >= 11 is 5.88. The third kappa shape index (κ3) is 4.84. The van der Waals surface area contributed by atoms with Gasteiger partial charge in [-0.05, 0) is 23.3 Å². The molecular weight excluding hydrogens is 352 g/mol. The van der Waals surface area contributed by atoms with E-state index in [9.17, 15) is 9.59 Å². The quantitative estimate of drug-likeness (QED) is 0.877. The molecule has 0 spiro atoms. The van der Waals surface area contributed by atoms with Gasteiger partial charge in [0.1, 0.15) is 6.04 Å². The molecule has 1 N–H and O–H groups in total. The summed E-state index contributed by atoms with van der Waals surface area (Å²) in [4.78, 5) is 27.2. The van der Waals surface area contributed by atoms with Gasteiger partial charge in [0.05, 0.1) is 19.6 Å². The minimum Gasteiger partial charge on any atom is -0.378 e. The third-order valence-corrected chi connectivity index (χ3v) is 4.54. The molecule has 1 atom stereocenters. The summed E-state index contributed by atoms with van der Waals surface area (Å²) in [6.45, 7) is 2.11. The molecule has 1 heterocycles. The van der Waals surface area contributed by atoms with E-state index >= 15 is 0 Å². The van der Waals surface area contributed by atoms with E-state index in [0.29, 0.717) is 31.3 Å². The smallest absolute Gasteiger partial charge is 0.249 e. The van der Waals surface area contributed by atoms with Crippen LogP contribution in [0.3, 0.4) is 0 Å². The molecule has 0 bridgehead atoms. The van der Waals surface area contributed by atoms with Crippen LogP contribution in [-0.2, 0) is 20.7 Å². The zero-order chi connectivity index (χ0) is 18.4. The second-order valence-electron chi connectivity index (χ2n) is 6.15. The molecular formula is C20H21ClN2O3. The summed E-state index contributed by atoms with van der Waals surface area (Å²) in [5.41, 5.74) is 1.62. The lowest BCUT2D eigenvalue weighted by molar-refractivity contribution is -0.140. The minimum absolute atomic E-state index is 0.107. The first-order chi connectivity index (χ1) is 12.6. The van der Waals surface area contributed by atoms with E-state index < -0.39 is 6.04 Å². The molecule has 0 aliphatic carbocycles. The Morgan fingerprint density at radius 3 is 2.35 bits per heavy atom. The SMILES string of the molecule is O=C(Cc1ccc(Cl)cc1)N[C@H](C(=O)N1CCOCC1)c1ccccc1. The fraction of sp³-hybridized carbons (Fsp3) is 0.300. The van der Waals surface area contributed by atoms with Crippen LogP contribution < -0.4 is 5.32 Å². The Kier molecular flexibility index (Phi) is 6.26. The second kappa shape index (κ2) is 8.83. The van der Waals surface area contributed by atoms with Crippen LogP contribution >= 0.6 is 11.6 Å². The molecule has 2 aromatic rings. The van der Waals surface area contributed by atoms with Crippen molar-refractivity contribution in [2.75, 3.05) is 26.3 Å². The molecule has 0 aromatic heterocycles. The molecule has 1 aliphatic heterocycles. The molecule has 3 rings (SSSR count). The molecule has 1 aliphatic rings. The molecule has 2 aromatic carbocycles. The summed E-state index contributed by atoms with van der Waals surface area (Å²) < 4.78 is 5.31. The molecule has 1 saturated heterocycles. The number of nitrogens with one attached hydrogen (secondary N) is 1. The highest BCUT2D eigenvalue weighted by Gasteiger charge is 2.28. The predicted molar refractivity (Wildman–Crippen MR) is 99.9 cm³/mol. The van der Waals surface area contributed by atoms with E-state index in [4.69, 9.17) is 16.3 Å². The molecule has 26 heavy (non-hydrogen) atoms. The molecule has 0 unspecified atom stereocenters. The van der Waals surface area contributed by atoms with Gasteiger partial charge in [-0.1, -0.05) is 54.1 Å². The molecule has 1 fully saturated rings. The van der Waals surface area contributed by atoms with Gasteiger partial charge in [-0.25, -0.2) is 0 Å². The second-order valence-corrected chi connectivity index (χ2v) is 6.59. The maximum atomic E-state index is 13.0. The summed E-state index contributed by atoms with van der Waals surface area (Å²) in [5, 5.41) is 3.51. The summed E-state index contributed by atoms with van der Waals surface area (Å²) in [6.07, 6.45) is 0.191. The van der Waals surface area contributed by atoms with E-state index in [1.807, 2.05) is 42.5 Å². The Morgan fingerprint density at radius 2 is 1.69 bits per heavy atom. The number of hydrogen-bond donors (Lipinski definition) is 1. The minimum atomic E-state index is -0.700. The normalized spacial score (nSPS) is 15.3. The highest BCUT2D eigenvalue weighted by molar-refractivity contribution is 6.30. The summed E-state index contributed by atoms with van der Waals surface area (Å²) in [7, 11) is 0. The summed E-state index contributed by atoms with van der Waals surface area (Å²) in [6, 6.07) is 15.7. The van der Waals surface area contributed by atoms with Crippen LogP contribution in [-0.4, -0.2) is 43.0 Å². The summed E-state index contributed by atoms with van der Waals surface area (Å²) in [5.74, 6) is -0.313. The number of benzene rings is 2. The maximum absolute atomic E-state index is 13.0. The van der Waals surface area contributed by atoms with Gasteiger partial charge >= 0.3 is 0 Å². The molecule has 5 nitrogen and oxygen atoms in total.